The summed E-state index contributed by atoms with van der Waals surface area (Å²) in [5.74, 6) is -1.35. The van der Waals surface area contributed by atoms with Gasteiger partial charge in [-0.05, 0) is 49.2 Å². The van der Waals surface area contributed by atoms with E-state index in [0.717, 1.165) is 18.4 Å². The van der Waals surface area contributed by atoms with Crippen LogP contribution in [0.4, 0.5) is 0 Å². The van der Waals surface area contributed by atoms with Crippen molar-refractivity contribution in [2.75, 3.05) is 0 Å². The molecule has 8 heteroatoms. The molecule has 4 aromatic rings. The molecule has 0 aliphatic heterocycles. The number of ether oxygens (including phenoxy) is 2. The zero-order valence-electron chi connectivity index (χ0n) is 18.3. The van der Waals surface area contributed by atoms with Gasteiger partial charge in [-0.1, -0.05) is 18.2 Å². The highest BCUT2D eigenvalue weighted by atomic mass is 16.6. The molecule has 35 heavy (non-hydrogen) atoms. The first-order valence-corrected chi connectivity index (χ1v) is 10.8. The Kier molecular flexibility index (Phi) is 6.00. The zero-order valence-corrected chi connectivity index (χ0v) is 18.3. The first-order chi connectivity index (χ1) is 17.1. The van der Waals surface area contributed by atoms with Gasteiger partial charge >= 0.3 is 11.9 Å². The number of hydrogen-bond donors (Lipinski definition) is 0. The lowest BCUT2D eigenvalue weighted by atomic mass is 10.0. The van der Waals surface area contributed by atoms with Crippen molar-refractivity contribution >= 4 is 28.5 Å². The van der Waals surface area contributed by atoms with Crippen molar-refractivity contribution in [3.63, 3.8) is 0 Å². The van der Waals surface area contributed by atoms with Gasteiger partial charge in [-0.25, -0.2) is 9.59 Å². The molecule has 3 heterocycles. The average Bonchev–Trinajstić information content (AvgIpc) is 2.91. The molecule has 0 atom stereocenters. The molecule has 0 saturated carbocycles. The Bertz CT molecular complexity index is 1540. The minimum absolute atomic E-state index is 0.00481. The number of carbonyl (C=O) groups is 2. The lowest BCUT2D eigenvalue weighted by molar-refractivity contribution is 0.0683. The maximum Gasteiger partial charge on any atom is 0.343 e. The van der Waals surface area contributed by atoms with Crippen LogP contribution in [0, 0.1) is 0 Å². The van der Waals surface area contributed by atoms with Gasteiger partial charge in [0.15, 0.2) is 16.8 Å². The summed E-state index contributed by atoms with van der Waals surface area (Å²) in [6.07, 6.45) is 13.3. The van der Waals surface area contributed by atoms with E-state index in [0.29, 0.717) is 5.76 Å². The summed E-state index contributed by atoms with van der Waals surface area (Å²) in [7, 11) is 0. The van der Waals surface area contributed by atoms with E-state index in [4.69, 9.17) is 13.9 Å². The molecule has 8 nitrogen and oxygen atoms in total. The number of rotatable bonds is 5. The van der Waals surface area contributed by atoms with Crippen LogP contribution in [-0.4, -0.2) is 21.9 Å². The molecule has 3 aromatic heterocycles. The van der Waals surface area contributed by atoms with Crippen LogP contribution in [0.5, 0.6) is 11.5 Å². The number of pyridine rings is 2. The van der Waals surface area contributed by atoms with Gasteiger partial charge in [0, 0.05) is 36.4 Å². The molecule has 0 spiro atoms. The Labute approximate surface area is 199 Å². The molecule has 1 aliphatic rings. The van der Waals surface area contributed by atoms with Gasteiger partial charge in [0.1, 0.15) is 5.76 Å². The molecule has 0 unspecified atom stereocenters. The molecule has 0 radical (unpaired) electrons. The Morgan fingerprint density at radius 3 is 2.11 bits per heavy atom. The number of benzene rings is 1. The second kappa shape index (κ2) is 9.56. The van der Waals surface area contributed by atoms with Crippen LogP contribution in [0.1, 0.15) is 39.3 Å². The molecule has 172 valence electrons. The van der Waals surface area contributed by atoms with E-state index in [9.17, 15) is 14.4 Å². The Morgan fingerprint density at radius 1 is 0.829 bits per heavy atom. The van der Waals surface area contributed by atoms with E-state index in [1.807, 2.05) is 18.2 Å². The Morgan fingerprint density at radius 2 is 1.49 bits per heavy atom. The van der Waals surface area contributed by atoms with E-state index in [1.165, 1.54) is 67.3 Å². The Balaban J connectivity index is 1.64. The number of hydrogen-bond acceptors (Lipinski definition) is 8. The molecule has 1 aromatic carbocycles. The van der Waals surface area contributed by atoms with Crippen LogP contribution in [0.2, 0.25) is 0 Å². The topological polar surface area (TPSA) is 109 Å². The van der Waals surface area contributed by atoms with E-state index in [-0.39, 0.29) is 39.0 Å². The number of esters is 2. The van der Waals surface area contributed by atoms with E-state index in [2.05, 4.69) is 9.97 Å². The van der Waals surface area contributed by atoms with Crippen molar-refractivity contribution in [1.82, 2.24) is 9.97 Å². The molecule has 0 bridgehead atoms. The smallest absolute Gasteiger partial charge is 0.343 e. The highest BCUT2D eigenvalue weighted by Gasteiger charge is 2.23. The second-order valence-electron chi connectivity index (χ2n) is 7.63. The maximum absolute atomic E-state index is 12.9. The summed E-state index contributed by atoms with van der Waals surface area (Å²) in [5, 5.41) is 0.176. The summed E-state index contributed by atoms with van der Waals surface area (Å²) < 4.78 is 17.3. The molecule has 0 N–H and O–H groups in total. The van der Waals surface area contributed by atoms with Gasteiger partial charge in [0.25, 0.3) is 0 Å². The minimum Gasteiger partial charge on any atom is -0.452 e. The molecule has 0 saturated heterocycles. The predicted molar refractivity (Wildman–Crippen MR) is 127 cm³/mol. The van der Waals surface area contributed by atoms with Crippen LogP contribution >= 0.6 is 0 Å². The maximum atomic E-state index is 12.9. The fourth-order valence-electron chi connectivity index (χ4n) is 3.58. The first-order valence-electron chi connectivity index (χ1n) is 10.8. The first kappa shape index (κ1) is 22.0. The normalized spacial score (nSPS) is 12.7. The second-order valence-corrected chi connectivity index (χ2v) is 7.63. The van der Waals surface area contributed by atoms with Crippen LogP contribution < -0.4 is 14.9 Å². The third-order valence-electron chi connectivity index (χ3n) is 5.32. The Hall–Kier alpha value is -4.85. The third-order valence-corrected chi connectivity index (χ3v) is 5.32. The summed E-state index contributed by atoms with van der Waals surface area (Å²) >= 11 is 0. The van der Waals surface area contributed by atoms with Crippen LogP contribution in [0.3, 0.4) is 0 Å². The fraction of sp³-hybridized carbons (Fsp3) is 0.0741. The van der Waals surface area contributed by atoms with Gasteiger partial charge in [0.05, 0.1) is 16.5 Å². The number of aromatic nitrogens is 2. The standard InChI is InChI=1S/C27H18N2O6/c30-21-16-23(17-4-2-1-3-5-17)33-24-20(21)6-7-22(34-26(31)18-8-12-28-13-9-18)25(24)35-27(32)19-10-14-29-15-11-19/h2,4-16H,1,3H2. The van der Waals surface area contributed by atoms with Gasteiger partial charge < -0.3 is 13.9 Å². The van der Waals surface area contributed by atoms with Gasteiger partial charge in [0.2, 0.25) is 5.75 Å². The number of nitrogens with zero attached hydrogens (tertiary/aromatic N) is 2. The summed E-state index contributed by atoms with van der Waals surface area (Å²) in [6.45, 7) is 0. The van der Waals surface area contributed by atoms with Crippen molar-refractivity contribution in [3.05, 3.63) is 113 Å². The number of carbonyl (C=O) groups excluding carboxylic acids is 2. The van der Waals surface area contributed by atoms with Gasteiger partial charge in [-0.3, -0.25) is 14.8 Å². The van der Waals surface area contributed by atoms with E-state index in [1.54, 1.807) is 0 Å². The van der Waals surface area contributed by atoms with Crippen LogP contribution in [-0.2, 0) is 0 Å². The molecule has 0 amide bonds. The summed E-state index contributed by atoms with van der Waals surface area (Å²) in [4.78, 5) is 46.3. The highest BCUT2D eigenvalue weighted by Crippen LogP contribution is 2.37. The lowest BCUT2D eigenvalue weighted by Crippen LogP contribution is -2.14. The third kappa shape index (κ3) is 4.63. The molecule has 5 rings (SSSR count). The van der Waals surface area contributed by atoms with Crippen LogP contribution in [0.25, 0.3) is 16.5 Å². The lowest BCUT2D eigenvalue weighted by Gasteiger charge is -2.14. The monoisotopic (exact) mass is 466 g/mol. The number of fused-ring (bicyclic) bond motifs is 1. The fourth-order valence-corrected chi connectivity index (χ4v) is 3.58. The van der Waals surface area contributed by atoms with Crippen molar-refractivity contribution in [2.24, 2.45) is 0 Å². The van der Waals surface area contributed by atoms with Crippen molar-refractivity contribution in [1.29, 1.82) is 0 Å². The molecule has 1 aliphatic carbocycles. The number of allylic oxidation sites excluding steroid dienone is 4. The molecular formula is C27H18N2O6. The average molecular weight is 466 g/mol. The van der Waals surface area contributed by atoms with Crippen molar-refractivity contribution < 1.29 is 23.5 Å². The van der Waals surface area contributed by atoms with E-state index < -0.39 is 11.9 Å². The summed E-state index contributed by atoms with van der Waals surface area (Å²) in [6, 6.07) is 10.2. The zero-order chi connectivity index (χ0) is 24.2. The minimum atomic E-state index is -0.731. The largest absolute Gasteiger partial charge is 0.452 e. The molecule has 0 fully saturated rings. The van der Waals surface area contributed by atoms with Gasteiger partial charge in [-0.15, -0.1) is 0 Å². The van der Waals surface area contributed by atoms with Gasteiger partial charge in [-0.2, -0.15) is 0 Å². The van der Waals surface area contributed by atoms with Crippen LogP contribution in [0.15, 0.2) is 94.7 Å². The van der Waals surface area contributed by atoms with Crippen molar-refractivity contribution in [2.45, 2.75) is 12.8 Å². The summed E-state index contributed by atoms with van der Waals surface area (Å²) in [5.41, 5.74) is 0.879. The highest BCUT2D eigenvalue weighted by molar-refractivity contribution is 5.97. The quantitative estimate of drug-likeness (QED) is 0.306. The predicted octanol–water partition coefficient (Wildman–Crippen LogP) is 4.75. The van der Waals surface area contributed by atoms with E-state index >= 15 is 0 Å². The SMILES string of the molecule is O=C(Oc1ccc2c(=O)cc(C3=CCCC=C3)oc2c1OC(=O)c1ccncc1)c1ccncc1. The molecular weight excluding hydrogens is 448 g/mol. The van der Waals surface area contributed by atoms with Crippen molar-refractivity contribution in [3.8, 4) is 11.5 Å².